The van der Waals surface area contributed by atoms with Gasteiger partial charge in [-0.2, -0.15) is 13.2 Å². The molecule has 0 aliphatic carbocycles. The molecule has 0 unspecified atom stereocenters. The van der Waals surface area contributed by atoms with E-state index in [4.69, 9.17) is 19.6 Å². The topological polar surface area (TPSA) is 117 Å². The van der Waals surface area contributed by atoms with Crippen molar-refractivity contribution in [3.05, 3.63) is 71.3 Å². The minimum absolute atomic E-state index is 0.246. The first-order chi connectivity index (χ1) is 19.3. The lowest BCUT2D eigenvalue weighted by molar-refractivity contribution is -0.192. The van der Waals surface area contributed by atoms with E-state index in [2.05, 4.69) is 24.3 Å². The predicted molar refractivity (Wildman–Crippen MR) is 144 cm³/mol. The van der Waals surface area contributed by atoms with Crippen LogP contribution < -0.4 is 0 Å². The van der Waals surface area contributed by atoms with Gasteiger partial charge in [-0.1, -0.05) is 71.9 Å². The fraction of sp³-hybridized carbons (Fsp3) is 0.393. The van der Waals surface area contributed by atoms with E-state index >= 15 is 0 Å². The number of likely N-dealkylation sites (tertiary alicyclic amines) is 1. The van der Waals surface area contributed by atoms with Crippen LogP contribution in [0, 0.1) is 18.8 Å². The van der Waals surface area contributed by atoms with Crippen LogP contribution in [0.2, 0.25) is 0 Å². The normalized spacial score (nSPS) is 24.8. The van der Waals surface area contributed by atoms with Crippen LogP contribution in [0.1, 0.15) is 16.7 Å². The summed E-state index contributed by atoms with van der Waals surface area (Å²) in [6.45, 7) is 2.42. The predicted octanol–water partition coefficient (Wildman–Crippen LogP) is 3.30. The molecule has 2 saturated heterocycles. The van der Waals surface area contributed by atoms with Crippen molar-refractivity contribution in [1.82, 2.24) is 9.80 Å². The van der Waals surface area contributed by atoms with Crippen molar-refractivity contribution in [3.8, 4) is 0 Å². The van der Waals surface area contributed by atoms with E-state index in [0.29, 0.717) is 17.5 Å². The minimum Gasteiger partial charge on any atom is -0.475 e. The fourth-order valence-corrected chi connectivity index (χ4v) is 6.70. The summed E-state index contributed by atoms with van der Waals surface area (Å²) in [5, 5.41) is 7.81. The van der Waals surface area contributed by atoms with Crippen LogP contribution in [0.3, 0.4) is 0 Å². The van der Waals surface area contributed by atoms with Gasteiger partial charge >= 0.3 is 18.1 Å². The van der Waals surface area contributed by atoms with Gasteiger partial charge in [0.25, 0.3) is 0 Å². The minimum atomic E-state index is -5.08. The molecule has 2 aromatic rings. The number of imide groups is 1. The molecule has 3 aliphatic heterocycles. The van der Waals surface area contributed by atoms with Gasteiger partial charge in [-0.25, -0.2) is 9.59 Å². The Bertz CT molecular complexity index is 1370. The lowest BCUT2D eigenvalue weighted by Crippen LogP contribution is -2.60. The summed E-state index contributed by atoms with van der Waals surface area (Å²) in [6.07, 6.45) is -4.82. The molecular formula is C28H28F3N3O6S. The molecule has 0 bridgehead atoms. The molecule has 2 amide bonds. The number of aliphatic imine (C=N–C) groups is 1. The van der Waals surface area contributed by atoms with Crippen molar-refractivity contribution in [2.75, 3.05) is 20.7 Å². The van der Waals surface area contributed by atoms with Crippen molar-refractivity contribution >= 4 is 40.7 Å². The van der Waals surface area contributed by atoms with Gasteiger partial charge in [0, 0.05) is 19.2 Å². The number of carbonyl (C=O) groups is 4. The zero-order valence-corrected chi connectivity index (χ0v) is 23.2. The highest BCUT2D eigenvalue weighted by Crippen LogP contribution is 2.53. The van der Waals surface area contributed by atoms with E-state index in [9.17, 15) is 27.6 Å². The van der Waals surface area contributed by atoms with Crippen LogP contribution in [0.4, 0.5) is 13.2 Å². The summed E-state index contributed by atoms with van der Waals surface area (Å²) in [7, 11) is 2.84. The Morgan fingerprint density at radius 3 is 2.24 bits per heavy atom. The van der Waals surface area contributed by atoms with Gasteiger partial charge in [0.05, 0.1) is 31.5 Å². The molecule has 2 fully saturated rings. The van der Waals surface area contributed by atoms with Gasteiger partial charge in [-0.05, 0) is 18.1 Å². The summed E-state index contributed by atoms with van der Waals surface area (Å²) in [6, 6.07) is 17.5. The van der Waals surface area contributed by atoms with Crippen molar-refractivity contribution in [2.45, 2.75) is 36.9 Å². The van der Waals surface area contributed by atoms with Gasteiger partial charge < -0.3 is 14.7 Å². The van der Waals surface area contributed by atoms with Crippen molar-refractivity contribution in [2.24, 2.45) is 16.8 Å². The Hall–Kier alpha value is -3.87. The van der Waals surface area contributed by atoms with E-state index < -0.39 is 35.5 Å². The second-order valence-corrected chi connectivity index (χ2v) is 10.9. The Kier molecular flexibility index (Phi) is 8.48. The Morgan fingerprint density at radius 1 is 1.07 bits per heavy atom. The standard InChI is InChI=1S/C26H27N3O4S.C2HF3O2/c1-16-9-11-18(12-10-16)15-34-25-27-14-19-20-21(23(31)28(2)22(20)30)26(29(19)25,24(32)33-3)13-17-7-5-4-6-8-17;3-2(4,5)1(6)7/h4-12,19-21H,13-15H2,1-3H3;(H,6,7)/t19-,20+,21-,26-;/m1./s1. The second-order valence-electron chi connectivity index (χ2n) is 9.95. The zero-order valence-electron chi connectivity index (χ0n) is 22.4. The zero-order chi connectivity index (χ0) is 30.1. The second kappa shape index (κ2) is 11.6. The number of carbonyl (C=O) groups excluding carboxylic acids is 3. The van der Waals surface area contributed by atoms with E-state index in [1.807, 2.05) is 42.2 Å². The van der Waals surface area contributed by atoms with Crippen molar-refractivity contribution in [3.63, 3.8) is 0 Å². The lowest BCUT2D eigenvalue weighted by Gasteiger charge is -2.40. The molecule has 0 aromatic heterocycles. The van der Waals surface area contributed by atoms with Gasteiger partial charge in [0.15, 0.2) is 10.7 Å². The molecule has 0 saturated carbocycles. The van der Waals surface area contributed by atoms with Gasteiger partial charge in [-0.3, -0.25) is 19.5 Å². The number of ether oxygens (including phenoxy) is 1. The number of halogens is 3. The number of rotatable bonds is 5. The molecule has 13 heteroatoms. The van der Waals surface area contributed by atoms with Crippen molar-refractivity contribution in [1.29, 1.82) is 0 Å². The van der Waals surface area contributed by atoms with Crippen LogP contribution in [0.15, 0.2) is 59.6 Å². The summed E-state index contributed by atoms with van der Waals surface area (Å²) >= 11 is 1.53. The maximum absolute atomic E-state index is 13.6. The Labute approximate surface area is 238 Å². The van der Waals surface area contributed by atoms with Crippen molar-refractivity contribution < 1.29 is 42.2 Å². The third-order valence-corrected chi connectivity index (χ3v) is 8.53. The fourth-order valence-electron chi connectivity index (χ4n) is 5.61. The first-order valence-electron chi connectivity index (χ1n) is 12.6. The highest BCUT2D eigenvalue weighted by Gasteiger charge is 2.73. The number of nitrogens with zero attached hydrogens (tertiary/aromatic N) is 3. The van der Waals surface area contributed by atoms with Gasteiger partial charge in [-0.15, -0.1) is 0 Å². The number of benzene rings is 2. The van der Waals surface area contributed by atoms with Crippen LogP contribution >= 0.6 is 11.8 Å². The Balaban J connectivity index is 0.000000493. The monoisotopic (exact) mass is 591 g/mol. The maximum atomic E-state index is 13.6. The number of aryl methyl sites for hydroxylation is 1. The lowest BCUT2D eigenvalue weighted by atomic mass is 9.76. The van der Waals surface area contributed by atoms with Crippen LogP contribution in [0.25, 0.3) is 0 Å². The molecule has 4 atom stereocenters. The summed E-state index contributed by atoms with van der Waals surface area (Å²) < 4.78 is 37.1. The van der Waals surface area contributed by atoms with Gasteiger partial charge in [0.1, 0.15) is 0 Å². The molecule has 3 aliphatic rings. The van der Waals surface area contributed by atoms with E-state index in [0.717, 1.165) is 11.1 Å². The van der Waals surface area contributed by atoms with Crippen LogP contribution in [-0.4, -0.2) is 82.3 Å². The summed E-state index contributed by atoms with van der Waals surface area (Å²) in [5.41, 5.74) is 1.89. The maximum Gasteiger partial charge on any atom is 0.490 e. The molecule has 9 nitrogen and oxygen atoms in total. The number of esters is 1. The number of hydrogen-bond acceptors (Lipinski definition) is 8. The van der Waals surface area contributed by atoms with Crippen LogP contribution in [-0.2, 0) is 36.1 Å². The smallest absolute Gasteiger partial charge is 0.475 e. The average Bonchev–Trinajstić information content (AvgIpc) is 3.55. The highest BCUT2D eigenvalue weighted by atomic mass is 32.2. The third-order valence-electron chi connectivity index (χ3n) is 7.47. The number of methoxy groups -OCH3 is 1. The molecule has 41 heavy (non-hydrogen) atoms. The molecule has 1 N–H and O–H groups in total. The van der Waals surface area contributed by atoms with Crippen LogP contribution in [0.5, 0.6) is 0 Å². The number of hydrogen-bond donors (Lipinski definition) is 1. The van der Waals surface area contributed by atoms with E-state index in [-0.39, 0.29) is 24.3 Å². The molecular weight excluding hydrogens is 563 g/mol. The largest absolute Gasteiger partial charge is 0.490 e. The quantitative estimate of drug-likeness (QED) is 0.416. The highest BCUT2D eigenvalue weighted by molar-refractivity contribution is 8.13. The number of carboxylic acids is 1. The Morgan fingerprint density at radius 2 is 1.68 bits per heavy atom. The number of carboxylic acid groups (broad SMARTS) is 1. The number of alkyl halides is 3. The first-order valence-corrected chi connectivity index (χ1v) is 13.6. The third kappa shape index (κ3) is 5.54. The molecule has 2 aromatic carbocycles. The number of aliphatic carboxylic acids is 1. The number of amidine groups is 1. The number of amides is 2. The molecule has 5 rings (SSSR count). The summed E-state index contributed by atoms with van der Waals surface area (Å²) in [5.74, 6) is -4.60. The summed E-state index contributed by atoms with van der Waals surface area (Å²) in [4.78, 5) is 57.0. The molecule has 218 valence electrons. The van der Waals surface area contributed by atoms with E-state index in [1.165, 1.54) is 36.4 Å². The SMILES string of the molecule is COC(=O)[C@@]1(Cc2ccccc2)[C@H]2C(=O)N(C)C(=O)[C@H]2[C@H]2CN=C(SCc3ccc(C)cc3)N21.O=C(O)C(F)(F)F. The molecule has 3 heterocycles. The average molecular weight is 592 g/mol. The number of fused-ring (bicyclic) bond motifs is 3. The van der Waals surface area contributed by atoms with E-state index in [1.54, 1.807) is 0 Å². The first kappa shape index (κ1) is 30.1. The molecule has 0 radical (unpaired) electrons. The molecule has 0 spiro atoms. The van der Waals surface area contributed by atoms with Gasteiger partial charge in [0.2, 0.25) is 11.8 Å². The number of thioether (sulfide) groups is 1.